The first-order valence-electron chi connectivity index (χ1n) is 11.6. The van der Waals surface area contributed by atoms with E-state index < -0.39 is 15.9 Å². The number of aromatic nitrogens is 1. The van der Waals surface area contributed by atoms with E-state index in [2.05, 4.69) is 4.99 Å². The molecule has 2 aliphatic heterocycles. The van der Waals surface area contributed by atoms with E-state index in [1.165, 1.54) is 34.9 Å². The van der Waals surface area contributed by atoms with Gasteiger partial charge in [-0.2, -0.15) is 9.30 Å². The minimum Gasteiger partial charge on any atom is -0.497 e. The van der Waals surface area contributed by atoms with Crippen molar-refractivity contribution in [2.45, 2.75) is 31.2 Å². The third-order valence-corrected chi connectivity index (χ3v) is 9.22. The highest BCUT2D eigenvalue weighted by molar-refractivity contribution is 7.89. The van der Waals surface area contributed by atoms with E-state index in [1.54, 1.807) is 12.1 Å². The first kappa shape index (κ1) is 23.8. The molecule has 0 aliphatic carbocycles. The number of carbonyl (C=O) groups excluding carboxylic acids is 1. The van der Waals surface area contributed by atoms with Gasteiger partial charge in [-0.3, -0.25) is 4.79 Å². The van der Waals surface area contributed by atoms with Crippen LogP contribution in [0, 0.1) is 5.92 Å². The molecule has 1 aromatic heterocycles. The van der Waals surface area contributed by atoms with Gasteiger partial charge in [-0.05, 0) is 44.0 Å². The van der Waals surface area contributed by atoms with E-state index in [4.69, 9.17) is 14.2 Å². The van der Waals surface area contributed by atoms with Crippen LogP contribution in [0.15, 0.2) is 46.3 Å². The molecule has 9 nitrogen and oxygen atoms in total. The summed E-state index contributed by atoms with van der Waals surface area (Å²) in [6.45, 7) is 4.13. The zero-order valence-electron chi connectivity index (χ0n) is 19.6. The van der Waals surface area contributed by atoms with Crippen LogP contribution in [-0.2, 0) is 21.4 Å². The maximum atomic E-state index is 13.2. The molecule has 3 aromatic rings. The van der Waals surface area contributed by atoms with Gasteiger partial charge in [-0.1, -0.05) is 11.3 Å². The van der Waals surface area contributed by atoms with Crippen LogP contribution in [0.4, 0.5) is 0 Å². The molecule has 2 aromatic carbocycles. The van der Waals surface area contributed by atoms with Gasteiger partial charge in [0, 0.05) is 31.8 Å². The van der Waals surface area contributed by atoms with E-state index >= 15 is 0 Å². The first-order valence-corrected chi connectivity index (χ1v) is 13.8. The third kappa shape index (κ3) is 4.55. The molecule has 0 saturated carbocycles. The summed E-state index contributed by atoms with van der Waals surface area (Å²) < 4.78 is 47.2. The fourth-order valence-electron chi connectivity index (χ4n) is 4.44. The van der Waals surface area contributed by atoms with E-state index in [0.717, 1.165) is 10.2 Å². The normalized spacial score (nSPS) is 19.1. The quantitative estimate of drug-likeness (QED) is 0.516. The number of amides is 1. The number of hydrogen-bond donors (Lipinski definition) is 0. The third-order valence-electron chi connectivity index (χ3n) is 6.30. The Morgan fingerprint density at radius 2 is 1.89 bits per heavy atom. The molecule has 3 heterocycles. The van der Waals surface area contributed by atoms with E-state index in [9.17, 15) is 13.2 Å². The Balaban J connectivity index is 1.41. The van der Waals surface area contributed by atoms with Crippen LogP contribution >= 0.6 is 11.3 Å². The van der Waals surface area contributed by atoms with Gasteiger partial charge in [0.25, 0.3) is 5.91 Å². The predicted octanol–water partition coefficient (Wildman–Crippen LogP) is 3.03. The molecule has 1 unspecified atom stereocenters. The molecule has 1 amide bonds. The SMILES string of the molecule is CCn1c(=NC(=O)C2CCCN(S(=O)(=O)c3ccc(OC)cc3)C2)sc2cc3c(cc21)OCCO3. The maximum absolute atomic E-state index is 13.2. The van der Waals surface area contributed by atoms with Crippen LogP contribution in [0.25, 0.3) is 10.2 Å². The fraction of sp³-hybridized carbons (Fsp3) is 0.417. The van der Waals surface area contributed by atoms with Crippen LogP contribution < -0.4 is 19.0 Å². The number of benzene rings is 2. The molecule has 1 saturated heterocycles. The van der Waals surface area contributed by atoms with Crippen molar-refractivity contribution in [2.75, 3.05) is 33.4 Å². The molecule has 1 atom stereocenters. The molecule has 35 heavy (non-hydrogen) atoms. The Morgan fingerprint density at radius 1 is 1.17 bits per heavy atom. The molecule has 0 radical (unpaired) electrons. The van der Waals surface area contributed by atoms with E-state index in [-0.39, 0.29) is 17.3 Å². The maximum Gasteiger partial charge on any atom is 0.252 e. The van der Waals surface area contributed by atoms with Gasteiger partial charge >= 0.3 is 0 Å². The number of nitrogens with zero attached hydrogens (tertiary/aromatic N) is 3. The Labute approximate surface area is 207 Å². The lowest BCUT2D eigenvalue weighted by molar-refractivity contribution is -0.122. The smallest absolute Gasteiger partial charge is 0.252 e. The summed E-state index contributed by atoms with van der Waals surface area (Å²) >= 11 is 1.42. The van der Waals surface area contributed by atoms with Crippen LogP contribution in [0.1, 0.15) is 19.8 Å². The van der Waals surface area contributed by atoms with Gasteiger partial charge < -0.3 is 18.8 Å². The van der Waals surface area contributed by atoms with Crippen LogP contribution in [-0.4, -0.2) is 56.6 Å². The van der Waals surface area contributed by atoms with E-state index in [0.29, 0.717) is 61.2 Å². The van der Waals surface area contributed by atoms with Crippen LogP contribution in [0.2, 0.25) is 0 Å². The van der Waals surface area contributed by atoms with Crippen molar-refractivity contribution >= 4 is 37.5 Å². The summed E-state index contributed by atoms with van der Waals surface area (Å²) in [5, 5.41) is 0. The predicted molar refractivity (Wildman–Crippen MR) is 132 cm³/mol. The van der Waals surface area contributed by atoms with Gasteiger partial charge in [0.15, 0.2) is 16.3 Å². The van der Waals surface area contributed by atoms with Crippen molar-refractivity contribution in [3.05, 3.63) is 41.2 Å². The number of thiazole rings is 1. The topological polar surface area (TPSA) is 99.4 Å². The lowest BCUT2D eigenvalue weighted by Gasteiger charge is -2.30. The van der Waals surface area contributed by atoms with Crippen molar-refractivity contribution in [2.24, 2.45) is 10.9 Å². The standard InChI is InChI=1S/C24H27N3O6S2/c1-3-27-19-13-20-21(33-12-11-32-20)14-22(19)34-24(27)25-23(28)16-5-4-10-26(15-16)35(29,30)18-8-6-17(31-2)7-9-18/h6-9,13-14,16H,3-5,10-12,15H2,1-2H3. The molecule has 0 bridgehead atoms. The van der Waals surface area contributed by atoms with Crippen molar-refractivity contribution in [3.8, 4) is 17.2 Å². The van der Waals surface area contributed by atoms with Gasteiger partial charge in [0.1, 0.15) is 19.0 Å². The number of sulfonamides is 1. The lowest BCUT2D eigenvalue weighted by atomic mass is 9.99. The second-order valence-electron chi connectivity index (χ2n) is 8.42. The Hall–Kier alpha value is -2.89. The second kappa shape index (κ2) is 9.63. The van der Waals surface area contributed by atoms with E-state index in [1.807, 2.05) is 23.6 Å². The minimum absolute atomic E-state index is 0.115. The molecule has 1 fully saturated rings. The number of fused-ring (bicyclic) bond motifs is 2. The van der Waals surface area contributed by atoms with Gasteiger partial charge in [-0.25, -0.2) is 8.42 Å². The van der Waals surface area contributed by atoms with Gasteiger partial charge in [0.2, 0.25) is 10.0 Å². The van der Waals surface area contributed by atoms with Crippen molar-refractivity contribution < 1.29 is 27.4 Å². The van der Waals surface area contributed by atoms with Gasteiger partial charge in [0.05, 0.1) is 28.1 Å². The average molecular weight is 518 g/mol. The summed E-state index contributed by atoms with van der Waals surface area (Å²) in [7, 11) is -2.19. The van der Waals surface area contributed by atoms with Crippen LogP contribution in [0.3, 0.4) is 0 Å². The fourth-order valence-corrected chi connectivity index (χ4v) is 7.08. The lowest BCUT2D eigenvalue weighted by Crippen LogP contribution is -2.42. The van der Waals surface area contributed by atoms with Crippen molar-refractivity contribution in [1.29, 1.82) is 0 Å². The average Bonchev–Trinajstić information content (AvgIpc) is 3.22. The zero-order chi connectivity index (χ0) is 24.6. The summed E-state index contributed by atoms with van der Waals surface area (Å²) in [6.07, 6.45) is 1.20. The highest BCUT2D eigenvalue weighted by Gasteiger charge is 2.33. The number of aryl methyl sites for hydroxylation is 1. The number of methoxy groups -OCH3 is 1. The number of carbonyl (C=O) groups is 1. The number of ether oxygens (including phenoxy) is 3. The van der Waals surface area contributed by atoms with Crippen molar-refractivity contribution in [1.82, 2.24) is 8.87 Å². The molecular weight excluding hydrogens is 490 g/mol. The summed E-state index contributed by atoms with van der Waals surface area (Å²) in [5.41, 5.74) is 0.931. The number of rotatable bonds is 5. The highest BCUT2D eigenvalue weighted by atomic mass is 32.2. The van der Waals surface area contributed by atoms with Crippen molar-refractivity contribution in [3.63, 3.8) is 0 Å². The molecule has 5 rings (SSSR count). The molecule has 186 valence electrons. The molecule has 0 N–H and O–H groups in total. The van der Waals surface area contributed by atoms with Crippen LogP contribution in [0.5, 0.6) is 17.2 Å². The zero-order valence-corrected chi connectivity index (χ0v) is 21.2. The number of piperidine rings is 1. The number of hydrogen-bond acceptors (Lipinski definition) is 7. The summed E-state index contributed by atoms with van der Waals surface area (Å²) in [4.78, 5) is 18.4. The molecule has 11 heteroatoms. The molecular formula is C24H27N3O6S2. The minimum atomic E-state index is -3.72. The largest absolute Gasteiger partial charge is 0.497 e. The summed E-state index contributed by atoms with van der Waals surface area (Å²) in [6, 6.07) is 10.1. The first-order chi connectivity index (χ1) is 16.9. The summed E-state index contributed by atoms with van der Waals surface area (Å²) in [5.74, 6) is 1.17. The second-order valence-corrected chi connectivity index (χ2v) is 11.4. The molecule has 2 aliphatic rings. The molecule has 0 spiro atoms. The monoisotopic (exact) mass is 517 g/mol. The van der Waals surface area contributed by atoms with Gasteiger partial charge in [-0.15, -0.1) is 0 Å². The highest BCUT2D eigenvalue weighted by Crippen LogP contribution is 2.35. The Kier molecular flexibility index (Phi) is 6.56. The Bertz CT molecular complexity index is 1430. The Morgan fingerprint density at radius 3 is 2.57 bits per heavy atom.